The Labute approximate surface area is 189 Å². The van der Waals surface area contributed by atoms with Gasteiger partial charge < -0.3 is 14.8 Å². The smallest absolute Gasteiger partial charge is 0.257 e. The summed E-state index contributed by atoms with van der Waals surface area (Å²) in [7, 11) is 0. The zero-order valence-corrected chi connectivity index (χ0v) is 18.8. The first-order valence-electron chi connectivity index (χ1n) is 9.36. The molecule has 0 fully saturated rings. The summed E-state index contributed by atoms with van der Waals surface area (Å²) in [5, 5.41) is 5.88. The molecule has 0 spiro atoms. The molecule has 0 aliphatic rings. The zero-order chi connectivity index (χ0) is 21.3. The minimum atomic E-state index is -0.306. The van der Waals surface area contributed by atoms with Crippen molar-refractivity contribution < 1.29 is 14.3 Å². The Bertz CT molecular complexity index is 1010. The standard InChI is InChI=1S/C23H21BrN2O3S/c1-2-28-21-13-8-17(14-20(21)24)22(27)26-23(30)25-18-9-11-19(12-10-18)29-15-16-6-4-3-5-7-16/h3-14H,2,15H2,1H3,(H2,25,26,27,30). The molecule has 30 heavy (non-hydrogen) atoms. The van der Waals surface area contributed by atoms with Crippen molar-refractivity contribution in [1.82, 2.24) is 5.32 Å². The van der Waals surface area contributed by atoms with Crippen molar-refractivity contribution in [2.45, 2.75) is 13.5 Å². The minimum Gasteiger partial charge on any atom is -0.493 e. The van der Waals surface area contributed by atoms with Crippen molar-refractivity contribution in [3.05, 3.63) is 88.4 Å². The number of ether oxygens (including phenoxy) is 2. The van der Waals surface area contributed by atoms with Gasteiger partial charge in [-0.05, 0) is 83.1 Å². The average Bonchev–Trinajstić information content (AvgIpc) is 2.75. The molecule has 7 heteroatoms. The molecular weight excluding hydrogens is 464 g/mol. The summed E-state index contributed by atoms with van der Waals surface area (Å²) in [4.78, 5) is 12.4. The van der Waals surface area contributed by atoms with Crippen molar-refractivity contribution in [1.29, 1.82) is 0 Å². The minimum absolute atomic E-state index is 0.211. The van der Waals surface area contributed by atoms with Crippen molar-refractivity contribution >= 4 is 44.9 Å². The van der Waals surface area contributed by atoms with E-state index in [0.29, 0.717) is 29.0 Å². The highest BCUT2D eigenvalue weighted by Gasteiger charge is 2.11. The van der Waals surface area contributed by atoms with Crippen LogP contribution in [0.25, 0.3) is 0 Å². The van der Waals surface area contributed by atoms with Gasteiger partial charge in [0.15, 0.2) is 5.11 Å². The molecule has 5 nitrogen and oxygen atoms in total. The third-order valence-electron chi connectivity index (χ3n) is 4.08. The van der Waals surface area contributed by atoms with Gasteiger partial charge in [0.1, 0.15) is 18.1 Å². The summed E-state index contributed by atoms with van der Waals surface area (Å²) in [5.41, 5.74) is 2.32. The van der Waals surface area contributed by atoms with Crippen LogP contribution in [0.4, 0.5) is 5.69 Å². The normalized spacial score (nSPS) is 10.2. The molecule has 2 N–H and O–H groups in total. The molecule has 0 saturated heterocycles. The largest absolute Gasteiger partial charge is 0.493 e. The SMILES string of the molecule is CCOc1ccc(C(=O)NC(=S)Nc2ccc(OCc3ccccc3)cc2)cc1Br. The van der Waals surface area contributed by atoms with Crippen LogP contribution >= 0.6 is 28.1 Å². The predicted molar refractivity (Wildman–Crippen MR) is 126 cm³/mol. The number of anilines is 1. The van der Waals surface area contributed by atoms with Gasteiger partial charge in [-0.2, -0.15) is 0 Å². The number of hydrogen-bond donors (Lipinski definition) is 2. The van der Waals surface area contributed by atoms with Gasteiger partial charge in [0.2, 0.25) is 0 Å². The Morgan fingerprint density at radius 3 is 2.40 bits per heavy atom. The number of carbonyl (C=O) groups is 1. The molecule has 3 aromatic carbocycles. The number of thiocarbonyl (C=S) groups is 1. The fraction of sp³-hybridized carbons (Fsp3) is 0.130. The molecule has 0 radical (unpaired) electrons. The van der Waals surface area contributed by atoms with Crippen molar-refractivity contribution in [2.24, 2.45) is 0 Å². The van der Waals surface area contributed by atoms with E-state index in [1.54, 1.807) is 18.2 Å². The average molecular weight is 485 g/mol. The monoisotopic (exact) mass is 484 g/mol. The van der Waals surface area contributed by atoms with E-state index < -0.39 is 0 Å². The van der Waals surface area contributed by atoms with E-state index in [1.807, 2.05) is 61.5 Å². The Morgan fingerprint density at radius 2 is 1.73 bits per heavy atom. The van der Waals surface area contributed by atoms with Gasteiger partial charge in [-0.1, -0.05) is 30.3 Å². The van der Waals surface area contributed by atoms with Gasteiger partial charge in [0.05, 0.1) is 11.1 Å². The van der Waals surface area contributed by atoms with Crippen LogP contribution in [0.5, 0.6) is 11.5 Å². The molecule has 0 heterocycles. The predicted octanol–water partition coefficient (Wildman–Crippen LogP) is 5.55. The molecule has 0 aliphatic heterocycles. The van der Waals surface area contributed by atoms with E-state index in [4.69, 9.17) is 21.7 Å². The molecule has 3 rings (SSSR count). The summed E-state index contributed by atoms with van der Waals surface area (Å²) >= 11 is 8.66. The Balaban J connectivity index is 1.51. The summed E-state index contributed by atoms with van der Waals surface area (Å²) < 4.78 is 11.9. The molecule has 0 aliphatic carbocycles. The molecule has 0 saturated carbocycles. The van der Waals surface area contributed by atoms with Gasteiger partial charge in [0, 0.05) is 11.3 Å². The second-order valence-corrected chi connectivity index (χ2v) is 7.55. The van der Waals surface area contributed by atoms with Crippen LogP contribution in [0.15, 0.2) is 77.3 Å². The number of hydrogen-bond acceptors (Lipinski definition) is 4. The third-order valence-corrected chi connectivity index (χ3v) is 4.91. The van der Waals surface area contributed by atoms with Gasteiger partial charge in [-0.15, -0.1) is 0 Å². The van der Waals surface area contributed by atoms with Crippen LogP contribution in [0.2, 0.25) is 0 Å². The Kier molecular flexibility index (Phi) is 7.82. The summed E-state index contributed by atoms with van der Waals surface area (Å²) in [6.07, 6.45) is 0. The summed E-state index contributed by atoms with van der Waals surface area (Å²) in [6.45, 7) is 2.95. The second-order valence-electron chi connectivity index (χ2n) is 6.29. The maximum atomic E-state index is 12.4. The fourth-order valence-electron chi connectivity index (χ4n) is 2.63. The molecule has 0 bridgehead atoms. The highest BCUT2D eigenvalue weighted by molar-refractivity contribution is 9.10. The lowest BCUT2D eigenvalue weighted by atomic mass is 10.2. The number of benzene rings is 3. The second kappa shape index (κ2) is 10.8. The Hall–Kier alpha value is -2.90. The molecule has 3 aromatic rings. The number of nitrogens with one attached hydrogen (secondary N) is 2. The number of amides is 1. The number of rotatable bonds is 7. The van der Waals surface area contributed by atoms with Crippen LogP contribution in [0, 0.1) is 0 Å². The highest BCUT2D eigenvalue weighted by Crippen LogP contribution is 2.26. The highest BCUT2D eigenvalue weighted by atomic mass is 79.9. The lowest BCUT2D eigenvalue weighted by Crippen LogP contribution is -2.34. The first-order chi connectivity index (χ1) is 14.5. The van der Waals surface area contributed by atoms with E-state index in [0.717, 1.165) is 17.0 Å². The lowest BCUT2D eigenvalue weighted by molar-refractivity contribution is 0.0977. The number of halogens is 1. The molecule has 1 amide bonds. The van der Waals surface area contributed by atoms with Crippen LogP contribution in [-0.2, 0) is 6.61 Å². The number of carbonyl (C=O) groups excluding carboxylic acids is 1. The van der Waals surface area contributed by atoms with E-state index in [2.05, 4.69) is 26.6 Å². The molecule has 0 unspecified atom stereocenters. The maximum absolute atomic E-state index is 12.4. The van der Waals surface area contributed by atoms with Gasteiger partial charge >= 0.3 is 0 Å². The first-order valence-corrected chi connectivity index (χ1v) is 10.6. The molecule has 154 valence electrons. The zero-order valence-electron chi connectivity index (χ0n) is 16.4. The van der Waals surface area contributed by atoms with Gasteiger partial charge in [-0.3, -0.25) is 10.1 Å². The first kappa shape index (κ1) is 21.8. The molecular formula is C23H21BrN2O3S. The van der Waals surface area contributed by atoms with E-state index >= 15 is 0 Å². The quantitative estimate of drug-likeness (QED) is 0.430. The third kappa shape index (κ3) is 6.30. The van der Waals surface area contributed by atoms with Gasteiger partial charge in [0.25, 0.3) is 5.91 Å². The Morgan fingerprint density at radius 1 is 1.00 bits per heavy atom. The summed E-state index contributed by atoms with van der Waals surface area (Å²) in [5.74, 6) is 1.13. The molecule has 0 aromatic heterocycles. The van der Waals surface area contributed by atoms with Crippen LogP contribution < -0.4 is 20.1 Å². The lowest BCUT2D eigenvalue weighted by Gasteiger charge is -2.12. The van der Waals surface area contributed by atoms with E-state index in [1.165, 1.54) is 0 Å². The van der Waals surface area contributed by atoms with Crippen LogP contribution in [0.3, 0.4) is 0 Å². The molecule has 0 atom stereocenters. The van der Waals surface area contributed by atoms with Crippen LogP contribution in [0.1, 0.15) is 22.8 Å². The summed E-state index contributed by atoms with van der Waals surface area (Å²) in [6, 6.07) is 22.5. The van der Waals surface area contributed by atoms with Crippen molar-refractivity contribution in [3.8, 4) is 11.5 Å². The van der Waals surface area contributed by atoms with Crippen molar-refractivity contribution in [3.63, 3.8) is 0 Å². The van der Waals surface area contributed by atoms with E-state index in [-0.39, 0.29) is 11.0 Å². The van der Waals surface area contributed by atoms with Crippen LogP contribution in [-0.4, -0.2) is 17.6 Å². The van der Waals surface area contributed by atoms with E-state index in [9.17, 15) is 4.79 Å². The van der Waals surface area contributed by atoms with Gasteiger partial charge in [-0.25, -0.2) is 0 Å². The van der Waals surface area contributed by atoms with Crippen molar-refractivity contribution in [2.75, 3.05) is 11.9 Å². The fourth-order valence-corrected chi connectivity index (χ4v) is 3.33. The topological polar surface area (TPSA) is 59.6 Å². The maximum Gasteiger partial charge on any atom is 0.257 e.